The van der Waals surface area contributed by atoms with Crippen molar-refractivity contribution in [3.05, 3.63) is 18.1 Å². The molecular formula is C12H21N5O. The summed E-state index contributed by atoms with van der Waals surface area (Å²) in [5, 5.41) is 3.04. The van der Waals surface area contributed by atoms with Crippen molar-refractivity contribution in [1.29, 1.82) is 0 Å². The SMILES string of the molecule is CCNc1cnc(C(=O)N(C)CCN(C)C)cn1. The van der Waals surface area contributed by atoms with E-state index >= 15 is 0 Å². The number of rotatable bonds is 6. The molecule has 0 radical (unpaired) electrons. The molecule has 1 rings (SSSR count). The molecule has 0 fully saturated rings. The zero-order chi connectivity index (χ0) is 13.5. The molecule has 0 bridgehead atoms. The van der Waals surface area contributed by atoms with E-state index in [9.17, 15) is 4.79 Å². The van der Waals surface area contributed by atoms with E-state index in [0.717, 1.165) is 13.1 Å². The lowest BCUT2D eigenvalue weighted by Gasteiger charge is -2.19. The van der Waals surface area contributed by atoms with Crippen LogP contribution >= 0.6 is 0 Å². The summed E-state index contributed by atoms with van der Waals surface area (Å²) in [5.41, 5.74) is 0.373. The molecular weight excluding hydrogens is 230 g/mol. The second-order valence-electron chi connectivity index (χ2n) is 4.35. The van der Waals surface area contributed by atoms with Gasteiger partial charge in [-0.3, -0.25) is 4.79 Å². The van der Waals surface area contributed by atoms with Crippen LogP contribution in [-0.4, -0.2) is 66.5 Å². The number of hydrogen-bond donors (Lipinski definition) is 1. The van der Waals surface area contributed by atoms with Crippen LogP contribution in [0.2, 0.25) is 0 Å². The van der Waals surface area contributed by atoms with Crippen LogP contribution in [0.15, 0.2) is 12.4 Å². The van der Waals surface area contributed by atoms with Gasteiger partial charge in [0.05, 0.1) is 12.4 Å². The van der Waals surface area contributed by atoms with Crippen LogP contribution in [0.1, 0.15) is 17.4 Å². The zero-order valence-corrected chi connectivity index (χ0v) is 11.5. The van der Waals surface area contributed by atoms with Gasteiger partial charge in [0.2, 0.25) is 0 Å². The Hall–Kier alpha value is -1.69. The number of carbonyl (C=O) groups is 1. The lowest BCUT2D eigenvalue weighted by atomic mass is 10.3. The van der Waals surface area contributed by atoms with Crippen molar-refractivity contribution >= 4 is 11.7 Å². The third-order valence-electron chi connectivity index (χ3n) is 2.46. The van der Waals surface area contributed by atoms with E-state index in [1.165, 1.54) is 6.20 Å². The first-order chi connectivity index (χ1) is 8.54. The number of hydrogen-bond acceptors (Lipinski definition) is 5. The first kappa shape index (κ1) is 14.4. The van der Waals surface area contributed by atoms with Crippen LogP contribution in [0, 0.1) is 0 Å². The van der Waals surface area contributed by atoms with Gasteiger partial charge in [-0.1, -0.05) is 0 Å². The highest BCUT2D eigenvalue weighted by molar-refractivity contribution is 5.91. The van der Waals surface area contributed by atoms with Crippen molar-refractivity contribution in [2.45, 2.75) is 6.92 Å². The Kier molecular flexibility index (Phi) is 5.51. The lowest BCUT2D eigenvalue weighted by molar-refractivity contribution is 0.0780. The highest BCUT2D eigenvalue weighted by Crippen LogP contribution is 2.03. The second-order valence-corrected chi connectivity index (χ2v) is 4.35. The highest BCUT2D eigenvalue weighted by atomic mass is 16.2. The van der Waals surface area contributed by atoms with E-state index in [2.05, 4.69) is 15.3 Å². The highest BCUT2D eigenvalue weighted by Gasteiger charge is 2.13. The van der Waals surface area contributed by atoms with Crippen LogP contribution in [0.3, 0.4) is 0 Å². The molecule has 1 heterocycles. The average molecular weight is 251 g/mol. The second kappa shape index (κ2) is 6.90. The molecule has 1 amide bonds. The molecule has 0 aliphatic carbocycles. The molecule has 0 atom stereocenters. The number of amides is 1. The normalized spacial score (nSPS) is 10.5. The molecule has 18 heavy (non-hydrogen) atoms. The number of nitrogens with zero attached hydrogens (tertiary/aromatic N) is 4. The molecule has 0 aromatic carbocycles. The van der Waals surface area contributed by atoms with E-state index in [1.807, 2.05) is 25.9 Å². The largest absolute Gasteiger partial charge is 0.369 e. The van der Waals surface area contributed by atoms with Gasteiger partial charge in [0.1, 0.15) is 11.5 Å². The Bertz CT molecular complexity index is 377. The predicted molar refractivity (Wildman–Crippen MR) is 71.7 cm³/mol. The molecule has 1 N–H and O–H groups in total. The third-order valence-corrected chi connectivity index (χ3v) is 2.46. The van der Waals surface area contributed by atoms with Crippen molar-refractivity contribution in [2.24, 2.45) is 0 Å². The average Bonchev–Trinajstić information content (AvgIpc) is 2.36. The Morgan fingerprint density at radius 3 is 2.44 bits per heavy atom. The molecule has 1 aromatic rings. The maximum Gasteiger partial charge on any atom is 0.273 e. The van der Waals surface area contributed by atoms with Gasteiger partial charge in [0.15, 0.2) is 0 Å². The van der Waals surface area contributed by atoms with Crippen molar-refractivity contribution in [1.82, 2.24) is 19.8 Å². The summed E-state index contributed by atoms with van der Waals surface area (Å²) >= 11 is 0. The van der Waals surface area contributed by atoms with E-state index in [4.69, 9.17) is 0 Å². The third kappa shape index (κ3) is 4.29. The first-order valence-electron chi connectivity index (χ1n) is 6.00. The molecule has 100 valence electrons. The van der Waals surface area contributed by atoms with Gasteiger partial charge < -0.3 is 15.1 Å². The molecule has 0 unspecified atom stereocenters. The van der Waals surface area contributed by atoms with Crippen LogP contribution in [0.5, 0.6) is 0 Å². The van der Waals surface area contributed by atoms with Crippen molar-refractivity contribution in [3.8, 4) is 0 Å². The van der Waals surface area contributed by atoms with Crippen LogP contribution in [0.25, 0.3) is 0 Å². The van der Waals surface area contributed by atoms with E-state index in [1.54, 1.807) is 18.1 Å². The fraction of sp³-hybridized carbons (Fsp3) is 0.583. The fourth-order valence-corrected chi connectivity index (χ4v) is 1.36. The Labute approximate surface area is 108 Å². The molecule has 0 spiro atoms. The summed E-state index contributed by atoms with van der Waals surface area (Å²) in [7, 11) is 5.72. The van der Waals surface area contributed by atoms with Crippen LogP contribution < -0.4 is 5.32 Å². The number of anilines is 1. The molecule has 1 aromatic heterocycles. The molecule has 0 saturated carbocycles. The Balaban J connectivity index is 2.60. The lowest BCUT2D eigenvalue weighted by Crippen LogP contribution is -2.34. The van der Waals surface area contributed by atoms with Gasteiger partial charge in [0.25, 0.3) is 5.91 Å². The van der Waals surface area contributed by atoms with Crippen LogP contribution in [0.4, 0.5) is 5.82 Å². The summed E-state index contributed by atoms with van der Waals surface area (Å²) in [5.74, 6) is 0.581. The van der Waals surface area contributed by atoms with Crippen molar-refractivity contribution in [2.75, 3.05) is 46.1 Å². The van der Waals surface area contributed by atoms with Gasteiger partial charge in [-0.25, -0.2) is 9.97 Å². The Morgan fingerprint density at radius 2 is 1.94 bits per heavy atom. The summed E-state index contributed by atoms with van der Waals surface area (Å²) in [4.78, 5) is 23.9. The maximum absolute atomic E-state index is 12.0. The van der Waals surface area contributed by atoms with Gasteiger partial charge in [0, 0.05) is 26.7 Å². The smallest absolute Gasteiger partial charge is 0.273 e. The molecule has 0 saturated heterocycles. The molecule has 6 heteroatoms. The van der Waals surface area contributed by atoms with E-state index in [-0.39, 0.29) is 5.91 Å². The standard InChI is InChI=1S/C12H21N5O/c1-5-13-11-9-14-10(8-15-11)12(18)17(4)7-6-16(2)3/h8-9H,5-7H2,1-4H3,(H,13,15). The fourth-order valence-electron chi connectivity index (χ4n) is 1.36. The van der Waals surface area contributed by atoms with Gasteiger partial charge in [-0.15, -0.1) is 0 Å². The minimum atomic E-state index is -0.104. The summed E-state index contributed by atoms with van der Waals surface area (Å²) < 4.78 is 0. The first-order valence-corrected chi connectivity index (χ1v) is 6.00. The van der Waals surface area contributed by atoms with E-state index in [0.29, 0.717) is 18.1 Å². The van der Waals surface area contributed by atoms with Gasteiger partial charge in [-0.2, -0.15) is 0 Å². The quantitative estimate of drug-likeness (QED) is 0.799. The predicted octanol–water partition coefficient (Wildman–Crippen LogP) is 0.542. The minimum Gasteiger partial charge on any atom is -0.369 e. The zero-order valence-electron chi connectivity index (χ0n) is 11.5. The maximum atomic E-state index is 12.0. The summed E-state index contributed by atoms with van der Waals surface area (Å²) in [6.07, 6.45) is 3.09. The van der Waals surface area contributed by atoms with Crippen molar-refractivity contribution in [3.63, 3.8) is 0 Å². The Morgan fingerprint density at radius 1 is 1.22 bits per heavy atom. The molecule has 0 aliphatic heterocycles. The van der Waals surface area contributed by atoms with E-state index < -0.39 is 0 Å². The monoisotopic (exact) mass is 251 g/mol. The van der Waals surface area contributed by atoms with Gasteiger partial charge in [-0.05, 0) is 21.0 Å². The number of nitrogens with one attached hydrogen (secondary N) is 1. The summed E-state index contributed by atoms with van der Waals surface area (Å²) in [6, 6.07) is 0. The topological polar surface area (TPSA) is 61.4 Å². The molecule has 6 nitrogen and oxygen atoms in total. The van der Waals surface area contributed by atoms with Crippen LogP contribution in [-0.2, 0) is 0 Å². The number of aromatic nitrogens is 2. The van der Waals surface area contributed by atoms with Crippen molar-refractivity contribution < 1.29 is 4.79 Å². The minimum absolute atomic E-state index is 0.104. The van der Waals surface area contributed by atoms with Gasteiger partial charge >= 0.3 is 0 Å². The molecule has 0 aliphatic rings. The summed E-state index contributed by atoms with van der Waals surface area (Å²) in [6.45, 7) is 4.26. The number of likely N-dealkylation sites (N-methyl/N-ethyl adjacent to an activating group) is 2. The number of carbonyl (C=O) groups excluding carboxylic acids is 1.